The van der Waals surface area contributed by atoms with Crippen molar-refractivity contribution in [2.75, 3.05) is 18.0 Å². The van der Waals surface area contributed by atoms with E-state index < -0.39 is 0 Å². The fraction of sp³-hybridized carbons (Fsp3) is 0.524. The predicted octanol–water partition coefficient (Wildman–Crippen LogP) is 3.35. The highest BCUT2D eigenvalue weighted by atomic mass is 16.2. The van der Waals surface area contributed by atoms with E-state index in [2.05, 4.69) is 32.6 Å². The Kier molecular flexibility index (Phi) is 8.52. The molecule has 0 aliphatic carbocycles. The topological polar surface area (TPSA) is 66.6 Å². The molecule has 0 spiro atoms. The van der Waals surface area contributed by atoms with Gasteiger partial charge in [0, 0.05) is 36.6 Å². The van der Waals surface area contributed by atoms with Crippen molar-refractivity contribution in [3.63, 3.8) is 0 Å². The zero-order chi connectivity index (χ0) is 19.9. The summed E-state index contributed by atoms with van der Waals surface area (Å²) in [6.07, 6.45) is 0.466. The SMILES string of the molecule is CCC(N)=C(C(C)=O)C(=O)N(CCN(C(C)C)C(C)C)c1ccccc1. The van der Waals surface area contributed by atoms with Crippen molar-refractivity contribution in [2.24, 2.45) is 5.73 Å². The maximum absolute atomic E-state index is 13.2. The number of nitrogens with zero attached hydrogens (tertiary/aromatic N) is 2. The van der Waals surface area contributed by atoms with Crippen LogP contribution in [0.3, 0.4) is 0 Å². The molecule has 1 rings (SSSR count). The molecule has 0 saturated carbocycles. The van der Waals surface area contributed by atoms with Crippen LogP contribution in [0.2, 0.25) is 0 Å². The summed E-state index contributed by atoms with van der Waals surface area (Å²) in [6, 6.07) is 10.2. The average Bonchev–Trinajstić information content (AvgIpc) is 2.58. The molecule has 1 aromatic rings. The predicted molar refractivity (Wildman–Crippen MR) is 108 cm³/mol. The van der Waals surface area contributed by atoms with Crippen molar-refractivity contribution in [3.05, 3.63) is 41.6 Å². The van der Waals surface area contributed by atoms with E-state index >= 15 is 0 Å². The number of hydrogen-bond acceptors (Lipinski definition) is 4. The lowest BCUT2D eigenvalue weighted by Crippen LogP contribution is -2.45. The van der Waals surface area contributed by atoms with Crippen LogP contribution in [0.25, 0.3) is 0 Å². The van der Waals surface area contributed by atoms with E-state index in [9.17, 15) is 9.59 Å². The van der Waals surface area contributed by atoms with Gasteiger partial charge in [0.25, 0.3) is 5.91 Å². The standard InChI is InChI=1S/C21H33N3O2/c1-7-19(22)20(17(6)25)21(26)24(18-11-9-8-10-12-18)14-13-23(15(2)3)16(4)5/h8-12,15-16H,7,13-14,22H2,1-6H3. The minimum Gasteiger partial charge on any atom is -0.401 e. The van der Waals surface area contributed by atoms with Crippen molar-refractivity contribution in [1.82, 2.24) is 4.90 Å². The van der Waals surface area contributed by atoms with Gasteiger partial charge in [-0.05, 0) is 53.2 Å². The summed E-state index contributed by atoms with van der Waals surface area (Å²) in [4.78, 5) is 29.3. The highest BCUT2D eigenvalue weighted by molar-refractivity contribution is 6.24. The fourth-order valence-corrected chi connectivity index (χ4v) is 3.11. The lowest BCUT2D eigenvalue weighted by Gasteiger charge is -2.33. The van der Waals surface area contributed by atoms with Gasteiger partial charge in [0.1, 0.15) is 5.57 Å². The number of allylic oxidation sites excluding steroid dienone is 1. The molecule has 26 heavy (non-hydrogen) atoms. The molecule has 1 amide bonds. The zero-order valence-electron chi connectivity index (χ0n) is 17.0. The molecule has 2 N–H and O–H groups in total. The summed E-state index contributed by atoms with van der Waals surface area (Å²) in [5.74, 6) is -0.615. The number of carbonyl (C=O) groups is 2. The van der Waals surface area contributed by atoms with Crippen LogP contribution in [0.15, 0.2) is 41.6 Å². The minimum absolute atomic E-state index is 0.0944. The largest absolute Gasteiger partial charge is 0.401 e. The Morgan fingerprint density at radius 2 is 1.54 bits per heavy atom. The van der Waals surface area contributed by atoms with E-state index in [1.165, 1.54) is 6.92 Å². The molecule has 144 valence electrons. The summed E-state index contributed by atoms with van der Waals surface area (Å²) in [6.45, 7) is 13.0. The maximum Gasteiger partial charge on any atom is 0.263 e. The summed E-state index contributed by atoms with van der Waals surface area (Å²) in [7, 11) is 0. The molecule has 5 heteroatoms. The molecular formula is C21H33N3O2. The quantitative estimate of drug-likeness (QED) is 0.417. The molecule has 0 aliphatic heterocycles. The van der Waals surface area contributed by atoms with Crippen LogP contribution in [-0.2, 0) is 9.59 Å². The summed E-state index contributed by atoms with van der Waals surface area (Å²) in [5.41, 5.74) is 7.19. The number of hydrogen-bond donors (Lipinski definition) is 1. The van der Waals surface area contributed by atoms with Gasteiger partial charge < -0.3 is 10.6 Å². The van der Waals surface area contributed by atoms with Gasteiger partial charge in [0.15, 0.2) is 5.78 Å². The Morgan fingerprint density at radius 3 is 1.96 bits per heavy atom. The maximum atomic E-state index is 13.2. The number of anilines is 1. The molecule has 1 aromatic carbocycles. The lowest BCUT2D eigenvalue weighted by atomic mass is 10.1. The number of rotatable bonds is 9. The third-order valence-electron chi connectivity index (χ3n) is 4.49. The fourth-order valence-electron chi connectivity index (χ4n) is 3.11. The van der Waals surface area contributed by atoms with Gasteiger partial charge in [-0.1, -0.05) is 25.1 Å². The molecular weight excluding hydrogens is 326 g/mol. The number of carbonyl (C=O) groups excluding carboxylic acids is 2. The van der Waals surface area contributed by atoms with Crippen molar-refractivity contribution in [2.45, 2.75) is 60.0 Å². The molecule has 0 fully saturated rings. The van der Waals surface area contributed by atoms with Gasteiger partial charge >= 0.3 is 0 Å². The number of Topliss-reactive ketones (excluding diaryl/α,β-unsaturated/α-hetero) is 1. The van der Waals surface area contributed by atoms with Crippen molar-refractivity contribution < 1.29 is 9.59 Å². The number of benzene rings is 1. The molecule has 0 unspecified atom stereocenters. The molecule has 0 atom stereocenters. The van der Waals surface area contributed by atoms with E-state index in [1.807, 2.05) is 37.3 Å². The van der Waals surface area contributed by atoms with Crippen molar-refractivity contribution >= 4 is 17.4 Å². The van der Waals surface area contributed by atoms with Crippen molar-refractivity contribution in [1.29, 1.82) is 0 Å². The summed E-state index contributed by atoms with van der Waals surface area (Å²) in [5, 5.41) is 0. The minimum atomic E-state index is -0.324. The van der Waals surface area contributed by atoms with Crippen LogP contribution >= 0.6 is 0 Å². The second kappa shape index (κ2) is 10.1. The molecule has 0 aliphatic rings. The van der Waals surface area contributed by atoms with Crippen molar-refractivity contribution in [3.8, 4) is 0 Å². The van der Waals surface area contributed by atoms with E-state index in [-0.39, 0.29) is 17.3 Å². The normalized spacial score (nSPS) is 12.5. The number of nitrogens with two attached hydrogens (primary N) is 1. The number of para-hydroxylation sites is 1. The highest BCUT2D eigenvalue weighted by Crippen LogP contribution is 2.19. The van der Waals surface area contributed by atoms with Gasteiger partial charge in [0.2, 0.25) is 0 Å². The molecule has 0 saturated heterocycles. The van der Waals surface area contributed by atoms with E-state index in [1.54, 1.807) is 4.90 Å². The number of amides is 1. The monoisotopic (exact) mass is 359 g/mol. The van der Waals surface area contributed by atoms with Crippen LogP contribution in [0.4, 0.5) is 5.69 Å². The van der Waals surface area contributed by atoms with Crippen LogP contribution < -0.4 is 10.6 Å². The first kappa shape index (κ1) is 21.9. The highest BCUT2D eigenvalue weighted by Gasteiger charge is 2.26. The number of ketones is 1. The lowest BCUT2D eigenvalue weighted by molar-refractivity contribution is -0.120. The van der Waals surface area contributed by atoms with E-state index in [0.29, 0.717) is 37.3 Å². The van der Waals surface area contributed by atoms with Crippen LogP contribution in [0.5, 0.6) is 0 Å². The Hall–Kier alpha value is -2.14. The second-order valence-electron chi connectivity index (χ2n) is 7.03. The summed E-state index contributed by atoms with van der Waals surface area (Å²) >= 11 is 0. The Morgan fingerprint density at radius 1 is 1.00 bits per heavy atom. The first-order valence-corrected chi connectivity index (χ1v) is 9.32. The summed E-state index contributed by atoms with van der Waals surface area (Å²) < 4.78 is 0. The van der Waals surface area contributed by atoms with Gasteiger partial charge in [-0.3, -0.25) is 14.5 Å². The zero-order valence-corrected chi connectivity index (χ0v) is 17.0. The van der Waals surface area contributed by atoms with E-state index in [4.69, 9.17) is 5.73 Å². The molecule has 0 aromatic heterocycles. The molecule has 0 radical (unpaired) electrons. The molecule has 0 bridgehead atoms. The van der Waals surface area contributed by atoms with Crippen LogP contribution in [-0.4, -0.2) is 41.8 Å². The van der Waals surface area contributed by atoms with Crippen LogP contribution in [0, 0.1) is 0 Å². The third-order valence-corrected chi connectivity index (χ3v) is 4.49. The average molecular weight is 360 g/mol. The van der Waals surface area contributed by atoms with Gasteiger partial charge in [0.05, 0.1) is 0 Å². The molecule has 0 heterocycles. The van der Waals surface area contributed by atoms with Gasteiger partial charge in [-0.2, -0.15) is 0 Å². The third kappa shape index (κ3) is 5.70. The van der Waals surface area contributed by atoms with E-state index in [0.717, 1.165) is 5.69 Å². The van der Waals surface area contributed by atoms with Gasteiger partial charge in [-0.25, -0.2) is 0 Å². The first-order chi connectivity index (χ1) is 12.2. The van der Waals surface area contributed by atoms with Crippen LogP contribution in [0.1, 0.15) is 48.0 Å². The van der Waals surface area contributed by atoms with Gasteiger partial charge in [-0.15, -0.1) is 0 Å². The smallest absolute Gasteiger partial charge is 0.263 e. The molecule has 5 nitrogen and oxygen atoms in total. The Balaban J connectivity index is 3.22. The second-order valence-corrected chi connectivity index (χ2v) is 7.03. The Bertz CT molecular complexity index is 628. The first-order valence-electron chi connectivity index (χ1n) is 9.32. The Labute approximate surface area is 157 Å².